The molecule has 0 aliphatic carbocycles. The van der Waals surface area contributed by atoms with Gasteiger partial charge < -0.3 is 10.6 Å². The standard InChI is InChI=1S/C21H32N4O2/c1-14-7-16(12-22-10-14)20(27)23-11-15-8-17-5-6-18(9-15)25(17)13-19(26)24-21(2,3)4/h7,10,12,15,17-18H,5-6,8-9,11,13H2,1-4H3,(H,23,27)(H,24,26). The zero-order chi connectivity index (χ0) is 19.6. The molecule has 0 spiro atoms. The minimum atomic E-state index is -0.191. The maximum atomic E-state index is 12.3. The van der Waals surface area contributed by atoms with Crippen LogP contribution >= 0.6 is 0 Å². The second-order valence-corrected chi connectivity index (χ2v) is 9.15. The van der Waals surface area contributed by atoms with Gasteiger partial charge in [-0.2, -0.15) is 0 Å². The molecule has 1 aromatic rings. The molecule has 2 atom stereocenters. The van der Waals surface area contributed by atoms with E-state index in [1.165, 1.54) is 0 Å². The molecule has 6 heteroatoms. The molecule has 3 heterocycles. The van der Waals surface area contributed by atoms with Crippen molar-refractivity contribution in [3.05, 3.63) is 29.6 Å². The normalized spacial score (nSPS) is 25.3. The van der Waals surface area contributed by atoms with E-state index in [1.54, 1.807) is 12.4 Å². The summed E-state index contributed by atoms with van der Waals surface area (Å²) in [5, 5.41) is 6.14. The summed E-state index contributed by atoms with van der Waals surface area (Å²) in [4.78, 5) is 31.1. The van der Waals surface area contributed by atoms with Crippen LogP contribution in [-0.4, -0.2) is 52.4 Å². The summed E-state index contributed by atoms with van der Waals surface area (Å²) in [5.41, 5.74) is 1.42. The predicted molar refractivity (Wildman–Crippen MR) is 105 cm³/mol. The fraction of sp³-hybridized carbons (Fsp3) is 0.667. The summed E-state index contributed by atoms with van der Waals surface area (Å²) in [6.45, 7) is 9.16. The number of amides is 2. The Labute approximate surface area is 162 Å². The smallest absolute Gasteiger partial charge is 0.252 e. The number of carbonyl (C=O) groups excluding carboxylic acids is 2. The largest absolute Gasteiger partial charge is 0.352 e. The number of carbonyl (C=O) groups is 2. The van der Waals surface area contributed by atoms with E-state index in [1.807, 2.05) is 33.8 Å². The molecule has 2 saturated heterocycles. The first-order chi connectivity index (χ1) is 12.7. The van der Waals surface area contributed by atoms with Crippen molar-refractivity contribution < 1.29 is 9.59 Å². The first-order valence-corrected chi connectivity index (χ1v) is 9.98. The molecule has 0 saturated carbocycles. The van der Waals surface area contributed by atoms with Gasteiger partial charge in [0.1, 0.15) is 0 Å². The molecule has 2 fully saturated rings. The SMILES string of the molecule is Cc1cncc(C(=O)NCC2CC3CCC(C2)N3CC(=O)NC(C)(C)C)c1. The molecule has 3 rings (SSSR count). The minimum Gasteiger partial charge on any atom is -0.352 e. The van der Waals surface area contributed by atoms with Crippen LogP contribution in [0, 0.1) is 12.8 Å². The molecule has 2 unspecified atom stereocenters. The van der Waals surface area contributed by atoms with Crippen LogP contribution in [0.25, 0.3) is 0 Å². The molecule has 148 valence electrons. The highest BCUT2D eigenvalue weighted by atomic mass is 16.2. The summed E-state index contributed by atoms with van der Waals surface area (Å²) in [6.07, 6.45) is 7.76. The molecule has 27 heavy (non-hydrogen) atoms. The van der Waals surface area contributed by atoms with E-state index >= 15 is 0 Å². The average molecular weight is 373 g/mol. The zero-order valence-electron chi connectivity index (χ0n) is 16.9. The number of nitrogens with one attached hydrogen (secondary N) is 2. The van der Waals surface area contributed by atoms with E-state index < -0.39 is 0 Å². The van der Waals surface area contributed by atoms with Gasteiger partial charge in [0.2, 0.25) is 5.91 Å². The Bertz CT molecular complexity index is 684. The Morgan fingerprint density at radius 2 is 1.85 bits per heavy atom. The van der Waals surface area contributed by atoms with Crippen molar-refractivity contribution in [1.29, 1.82) is 0 Å². The van der Waals surface area contributed by atoms with Crippen molar-refractivity contribution in [2.45, 2.75) is 71.0 Å². The number of nitrogens with zero attached hydrogens (tertiary/aromatic N) is 2. The van der Waals surface area contributed by atoms with Crippen molar-refractivity contribution in [3.63, 3.8) is 0 Å². The van der Waals surface area contributed by atoms with E-state index in [9.17, 15) is 9.59 Å². The maximum Gasteiger partial charge on any atom is 0.252 e. The second kappa shape index (κ2) is 7.97. The van der Waals surface area contributed by atoms with E-state index in [2.05, 4.69) is 20.5 Å². The van der Waals surface area contributed by atoms with Gasteiger partial charge in [-0.1, -0.05) is 0 Å². The van der Waals surface area contributed by atoms with E-state index in [0.717, 1.165) is 31.2 Å². The van der Waals surface area contributed by atoms with Gasteiger partial charge in [0.05, 0.1) is 12.1 Å². The van der Waals surface area contributed by atoms with Crippen molar-refractivity contribution in [1.82, 2.24) is 20.5 Å². The molecular weight excluding hydrogens is 340 g/mol. The topological polar surface area (TPSA) is 74.3 Å². The lowest BCUT2D eigenvalue weighted by Gasteiger charge is -2.39. The fourth-order valence-electron chi connectivity index (χ4n) is 4.45. The number of fused-ring (bicyclic) bond motifs is 2. The van der Waals surface area contributed by atoms with Crippen molar-refractivity contribution in [2.24, 2.45) is 5.92 Å². The number of rotatable bonds is 5. The quantitative estimate of drug-likeness (QED) is 0.832. The molecule has 2 N–H and O–H groups in total. The Hall–Kier alpha value is -1.95. The van der Waals surface area contributed by atoms with Gasteiger partial charge >= 0.3 is 0 Å². The number of hydrogen-bond acceptors (Lipinski definition) is 4. The van der Waals surface area contributed by atoms with Crippen LogP contribution in [0.1, 0.15) is 62.4 Å². The number of aromatic nitrogens is 1. The molecule has 0 aromatic carbocycles. The highest BCUT2D eigenvalue weighted by Crippen LogP contribution is 2.38. The van der Waals surface area contributed by atoms with E-state index in [0.29, 0.717) is 36.7 Å². The first-order valence-electron chi connectivity index (χ1n) is 9.98. The lowest BCUT2D eigenvalue weighted by atomic mass is 9.90. The Balaban J connectivity index is 1.50. The molecular formula is C21H32N4O2. The lowest BCUT2D eigenvalue weighted by molar-refractivity contribution is -0.125. The molecule has 2 aliphatic rings. The van der Waals surface area contributed by atoms with Crippen molar-refractivity contribution in [2.75, 3.05) is 13.1 Å². The van der Waals surface area contributed by atoms with Gasteiger partial charge in [0.25, 0.3) is 5.91 Å². The van der Waals surface area contributed by atoms with E-state index in [4.69, 9.17) is 0 Å². The monoisotopic (exact) mass is 372 g/mol. The minimum absolute atomic E-state index is 0.0504. The number of aryl methyl sites for hydroxylation is 1. The van der Waals surface area contributed by atoms with Crippen LogP contribution in [0.15, 0.2) is 18.5 Å². The van der Waals surface area contributed by atoms with Crippen LogP contribution < -0.4 is 10.6 Å². The molecule has 2 amide bonds. The van der Waals surface area contributed by atoms with Crippen molar-refractivity contribution in [3.8, 4) is 0 Å². The Kier molecular flexibility index (Phi) is 5.84. The molecule has 2 aliphatic heterocycles. The van der Waals surface area contributed by atoms with Crippen LogP contribution in [-0.2, 0) is 4.79 Å². The van der Waals surface area contributed by atoms with Gasteiger partial charge in [-0.15, -0.1) is 0 Å². The fourth-order valence-corrected chi connectivity index (χ4v) is 4.45. The Morgan fingerprint density at radius 3 is 2.44 bits per heavy atom. The molecule has 0 radical (unpaired) electrons. The Morgan fingerprint density at radius 1 is 1.19 bits per heavy atom. The zero-order valence-corrected chi connectivity index (χ0v) is 16.9. The number of hydrogen-bond donors (Lipinski definition) is 2. The highest BCUT2D eigenvalue weighted by molar-refractivity contribution is 5.94. The molecule has 2 bridgehead atoms. The van der Waals surface area contributed by atoms with Gasteiger partial charge in [-0.3, -0.25) is 19.5 Å². The third kappa shape index (κ3) is 5.28. The third-order valence-electron chi connectivity index (χ3n) is 5.51. The predicted octanol–water partition coefficient (Wildman–Crippen LogP) is 2.28. The van der Waals surface area contributed by atoms with Crippen LogP contribution in [0.5, 0.6) is 0 Å². The molecule has 6 nitrogen and oxygen atoms in total. The van der Waals surface area contributed by atoms with Gasteiger partial charge in [-0.25, -0.2) is 0 Å². The maximum absolute atomic E-state index is 12.3. The van der Waals surface area contributed by atoms with Crippen LogP contribution in [0.3, 0.4) is 0 Å². The summed E-state index contributed by atoms with van der Waals surface area (Å²) in [6, 6.07) is 2.77. The summed E-state index contributed by atoms with van der Waals surface area (Å²) < 4.78 is 0. The van der Waals surface area contributed by atoms with Crippen molar-refractivity contribution >= 4 is 11.8 Å². The van der Waals surface area contributed by atoms with Crippen LogP contribution in [0.4, 0.5) is 0 Å². The number of pyridine rings is 1. The lowest BCUT2D eigenvalue weighted by Crippen LogP contribution is -2.52. The second-order valence-electron chi connectivity index (χ2n) is 9.15. The van der Waals surface area contributed by atoms with Gasteiger partial charge in [-0.05, 0) is 70.9 Å². The summed E-state index contributed by atoms with van der Waals surface area (Å²) >= 11 is 0. The van der Waals surface area contributed by atoms with Crippen LogP contribution in [0.2, 0.25) is 0 Å². The van der Waals surface area contributed by atoms with Gasteiger partial charge in [0, 0.05) is 36.6 Å². The van der Waals surface area contributed by atoms with Gasteiger partial charge in [0.15, 0.2) is 0 Å². The average Bonchev–Trinajstić information content (AvgIpc) is 2.80. The third-order valence-corrected chi connectivity index (χ3v) is 5.51. The van der Waals surface area contributed by atoms with E-state index in [-0.39, 0.29) is 17.4 Å². The molecule has 1 aromatic heterocycles. The first kappa shape index (κ1) is 19.8. The summed E-state index contributed by atoms with van der Waals surface area (Å²) in [7, 11) is 0. The summed E-state index contributed by atoms with van der Waals surface area (Å²) in [5.74, 6) is 0.537. The highest BCUT2D eigenvalue weighted by Gasteiger charge is 2.41. The number of piperidine rings is 1.